The van der Waals surface area contributed by atoms with Crippen molar-refractivity contribution in [2.45, 2.75) is 38.0 Å². The van der Waals surface area contributed by atoms with Crippen molar-refractivity contribution in [3.05, 3.63) is 54.3 Å². The van der Waals surface area contributed by atoms with Gasteiger partial charge in [-0.3, -0.25) is 9.36 Å². The van der Waals surface area contributed by atoms with Crippen molar-refractivity contribution in [2.24, 2.45) is 5.92 Å². The summed E-state index contributed by atoms with van der Waals surface area (Å²) in [6.45, 7) is 6.09. The van der Waals surface area contributed by atoms with Crippen LogP contribution in [0.3, 0.4) is 0 Å². The third kappa shape index (κ3) is 4.87. The minimum absolute atomic E-state index is 0.00580. The number of carbonyl (C=O) groups is 1. The van der Waals surface area contributed by atoms with Gasteiger partial charge in [0.25, 0.3) is 0 Å². The number of aromatic nitrogens is 3. The quantitative estimate of drug-likeness (QED) is 0.569. The summed E-state index contributed by atoms with van der Waals surface area (Å²) in [6.07, 6.45) is 1.59. The fraction of sp³-hybridized carbons (Fsp3) is 0.333. The summed E-state index contributed by atoms with van der Waals surface area (Å²) in [4.78, 5) is 12.4. The van der Waals surface area contributed by atoms with Crippen LogP contribution in [0.25, 0.3) is 11.6 Å². The number of hydrogen-bond donors (Lipinski definition) is 1. The molecule has 150 valence electrons. The number of nitrogens with zero attached hydrogens (tertiary/aromatic N) is 4. The van der Waals surface area contributed by atoms with E-state index in [2.05, 4.69) is 21.6 Å². The second kappa shape index (κ2) is 8.97. The lowest BCUT2D eigenvalue weighted by Gasteiger charge is -2.27. The number of hydrogen-bond acceptors (Lipinski definition) is 6. The van der Waals surface area contributed by atoms with Crippen LogP contribution in [0.1, 0.15) is 26.3 Å². The van der Waals surface area contributed by atoms with Gasteiger partial charge in [-0.05, 0) is 30.5 Å². The maximum Gasteiger partial charge on any atom is 0.231 e. The highest BCUT2D eigenvalue weighted by Crippen LogP contribution is 2.26. The van der Waals surface area contributed by atoms with Crippen LogP contribution in [0.5, 0.6) is 0 Å². The average molecular weight is 410 g/mol. The Hall–Kier alpha value is -3.05. The highest BCUT2D eigenvalue weighted by molar-refractivity contribution is 7.99. The number of nitrogens with one attached hydrogen (secondary N) is 1. The first-order valence-electron chi connectivity index (χ1n) is 9.29. The molecule has 0 saturated carbocycles. The standard InChI is InChI=1S/C21H23N5O2S/c1-15(2)21(3,14-22)23-18(27)13-29-20-25-24-19(17-10-7-11-28-17)26(20)12-16-8-5-4-6-9-16/h4-11,15H,12-13H2,1-3H3,(H,23,27)/t21-/m0/s1. The number of carbonyl (C=O) groups excluding carboxylic acids is 1. The second-order valence-corrected chi connectivity index (χ2v) is 8.10. The first-order valence-corrected chi connectivity index (χ1v) is 10.3. The number of furan rings is 1. The molecule has 0 aliphatic rings. The Morgan fingerprint density at radius 3 is 2.66 bits per heavy atom. The van der Waals surface area contributed by atoms with Crippen molar-refractivity contribution in [3.63, 3.8) is 0 Å². The Balaban J connectivity index is 1.79. The molecule has 1 amide bonds. The van der Waals surface area contributed by atoms with Crippen LogP contribution < -0.4 is 5.32 Å². The van der Waals surface area contributed by atoms with Crippen LogP contribution in [0, 0.1) is 17.2 Å². The molecule has 1 aromatic carbocycles. The maximum absolute atomic E-state index is 12.4. The summed E-state index contributed by atoms with van der Waals surface area (Å²) >= 11 is 1.28. The van der Waals surface area contributed by atoms with Gasteiger partial charge in [0.05, 0.1) is 24.6 Å². The third-order valence-electron chi connectivity index (χ3n) is 4.76. The average Bonchev–Trinajstić information content (AvgIpc) is 3.37. The predicted octanol–water partition coefficient (Wildman–Crippen LogP) is 3.73. The summed E-state index contributed by atoms with van der Waals surface area (Å²) < 4.78 is 7.42. The van der Waals surface area contributed by atoms with E-state index in [1.54, 1.807) is 19.3 Å². The predicted molar refractivity (Wildman–Crippen MR) is 111 cm³/mol. The number of amides is 1. The van der Waals surface area contributed by atoms with E-state index in [1.165, 1.54) is 11.8 Å². The Morgan fingerprint density at radius 2 is 2.03 bits per heavy atom. The van der Waals surface area contributed by atoms with Gasteiger partial charge in [0.1, 0.15) is 5.54 Å². The molecule has 0 aliphatic carbocycles. The molecule has 3 aromatic rings. The summed E-state index contributed by atoms with van der Waals surface area (Å²) in [5.74, 6) is 1.12. The molecule has 8 heteroatoms. The minimum Gasteiger partial charge on any atom is -0.461 e. The first-order chi connectivity index (χ1) is 13.9. The van der Waals surface area contributed by atoms with E-state index in [1.807, 2.05) is 54.8 Å². The zero-order valence-electron chi connectivity index (χ0n) is 16.6. The van der Waals surface area contributed by atoms with E-state index >= 15 is 0 Å². The Kier molecular flexibility index (Phi) is 6.39. The van der Waals surface area contributed by atoms with E-state index in [9.17, 15) is 10.1 Å². The fourth-order valence-electron chi connectivity index (χ4n) is 2.65. The Bertz CT molecular complexity index is 992. The molecule has 2 aromatic heterocycles. The molecule has 0 saturated heterocycles. The van der Waals surface area contributed by atoms with Gasteiger partial charge in [-0.25, -0.2) is 0 Å². The molecule has 2 heterocycles. The Morgan fingerprint density at radius 1 is 1.28 bits per heavy atom. The minimum atomic E-state index is -0.908. The topological polar surface area (TPSA) is 96.7 Å². The molecule has 7 nitrogen and oxygen atoms in total. The van der Waals surface area contributed by atoms with Crippen LogP contribution in [0.15, 0.2) is 58.3 Å². The van der Waals surface area contributed by atoms with Crippen molar-refractivity contribution >= 4 is 17.7 Å². The number of thioether (sulfide) groups is 1. The van der Waals surface area contributed by atoms with Crippen molar-refractivity contribution in [1.82, 2.24) is 20.1 Å². The molecule has 0 bridgehead atoms. The van der Waals surface area contributed by atoms with Crippen molar-refractivity contribution in [1.29, 1.82) is 5.26 Å². The van der Waals surface area contributed by atoms with Crippen LogP contribution in [-0.2, 0) is 11.3 Å². The molecule has 0 fully saturated rings. The van der Waals surface area contributed by atoms with E-state index < -0.39 is 5.54 Å². The molecule has 1 atom stereocenters. The highest BCUT2D eigenvalue weighted by Gasteiger charge is 2.30. The number of rotatable bonds is 8. The van der Waals surface area contributed by atoms with Gasteiger partial charge in [0.15, 0.2) is 10.9 Å². The summed E-state index contributed by atoms with van der Waals surface area (Å²) in [5, 5.41) is 21.4. The van der Waals surface area contributed by atoms with Crippen LogP contribution in [0.2, 0.25) is 0 Å². The molecular formula is C21H23N5O2S. The fourth-order valence-corrected chi connectivity index (χ4v) is 3.39. The van der Waals surface area contributed by atoms with Crippen LogP contribution in [-0.4, -0.2) is 32.0 Å². The van der Waals surface area contributed by atoms with E-state index in [4.69, 9.17) is 4.42 Å². The second-order valence-electron chi connectivity index (χ2n) is 7.16. The number of benzene rings is 1. The SMILES string of the molecule is CC(C)[C@](C)(C#N)NC(=O)CSc1nnc(-c2ccco2)n1Cc1ccccc1. The third-order valence-corrected chi connectivity index (χ3v) is 5.73. The van der Waals surface area contributed by atoms with Crippen molar-refractivity contribution in [2.75, 3.05) is 5.75 Å². The Labute approximate surface area is 174 Å². The van der Waals surface area contributed by atoms with E-state index in [0.717, 1.165) is 5.56 Å². The van der Waals surface area contributed by atoms with Crippen molar-refractivity contribution < 1.29 is 9.21 Å². The van der Waals surface area contributed by atoms with Gasteiger partial charge in [-0.1, -0.05) is 55.9 Å². The normalized spacial score (nSPS) is 13.1. The van der Waals surface area contributed by atoms with Gasteiger partial charge in [-0.2, -0.15) is 5.26 Å². The van der Waals surface area contributed by atoms with Gasteiger partial charge in [0, 0.05) is 0 Å². The van der Waals surface area contributed by atoms with Crippen LogP contribution in [0.4, 0.5) is 0 Å². The molecular weight excluding hydrogens is 386 g/mol. The number of nitriles is 1. The van der Waals surface area contributed by atoms with Gasteiger partial charge < -0.3 is 9.73 Å². The molecule has 0 spiro atoms. The molecule has 0 unspecified atom stereocenters. The first kappa shape index (κ1) is 20.7. The van der Waals surface area contributed by atoms with Crippen LogP contribution >= 0.6 is 11.8 Å². The van der Waals surface area contributed by atoms with Gasteiger partial charge >= 0.3 is 0 Å². The largest absolute Gasteiger partial charge is 0.461 e. The van der Waals surface area contributed by atoms with E-state index in [0.29, 0.717) is 23.3 Å². The maximum atomic E-state index is 12.4. The molecule has 3 rings (SSSR count). The molecule has 1 N–H and O–H groups in total. The van der Waals surface area contributed by atoms with Gasteiger partial charge in [-0.15, -0.1) is 10.2 Å². The summed E-state index contributed by atoms with van der Waals surface area (Å²) in [5.41, 5.74) is 0.178. The lowest BCUT2D eigenvalue weighted by atomic mass is 9.90. The smallest absolute Gasteiger partial charge is 0.231 e. The zero-order valence-corrected chi connectivity index (χ0v) is 17.4. The zero-order chi connectivity index (χ0) is 20.9. The lowest BCUT2D eigenvalue weighted by molar-refractivity contribution is -0.120. The molecule has 29 heavy (non-hydrogen) atoms. The molecule has 0 aliphatic heterocycles. The van der Waals surface area contributed by atoms with Crippen molar-refractivity contribution in [3.8, 4) is 17.7 Å². The lowest BCUT2D eigenvalue weighted by Crippen LogP contribution is -2.49. The summed E-state index contributed by atoms with van der Waals surface area (Å²) in [6, 6.07) is 15.8. The monoisotopic (exact) mass is 409 g/mol. The highest BCUT2D eigenvalue weighted by atomic mass is 32.2. The van der Waals surface area contributed by atoms with E-state index in [-0.39, 0.29) is 17.6 Å². The molecule has 0 radical (unpaired) electrons. The summed E-state index contributed by atoms with van der Waals surface area (Å²) in [7, 11) is 0. The van der Waals surface area contributed by atoms with Gasteiger partial charge in [0.2, 0.25) is 11.7 Å².